The van der Waals surface area contributed by atoms with Gasteiger partial charge in [-0.3, -0.25) is 14.2 Å². The number of carbonyl (C=O) groups is 2. The molecule has 0 aliphatic carbocycles. The molecule has 0 spiro atoms. The minimum absolute atomic E-state index is 0.0962. The highest BCUT2D eigenvalue weighted by Gasteiger charge is 2.21. The van der Waals surface area contributed by atoms with Gasteiger partial charge in [-0.25, -0.2) is 9.78 Å². The highest BCUT2D eigenvalue weighted by atomic mass is 16.5. The van der Waals surface area contributed by atoms with Crippen molar-refractivity contribution in [3.8, 4) is 11.5 Å². The predicted molar refractivity (Wildman–Crippen MR) is 98.1 cm³/mol. The van der Waals surface area contributed by atoms with E-state index < -0.39 is 23.5 Å². The van der Waals surface area contributed by atoms with Gasteiger partial charge in [0.25, 0.3) is 5.56 Å². The Balaban J connectivity index is 2.28. The van der Waals surface area contributed by atoms with Crippen LogP contribution in [0, 0.1) is 5.92 Å². The summed E-state index contributed by atoms with van der Waals surface area (Å²) in [4.78, 5) is 40.3. The number of carboxylic acid groups (broad SMARTS) is 1. The highest BCUT2D eigenvalue weighted by molar-refractivity contribution is 5.84. The number of nitrogens with one attached hydrogen (secondary N) is 1. The van der Waals surface area contributed by atoms with Gasteiger partial charge in [-0.2, -0.15) is 0 Å². The number of ether oxygens (including phenoxy) is 2. The minimum atomic E-state index is -1.11. The average molecular weight is 377 g/mol. The van der Waals surface area contributed by atoms with E-state index in [1.165, 1.54) is 26.6 Å². The maximum absolute atomic E-state index is 12.7. The smallest absolute Gasteiger partial charge is 0.326 e. The summed E-state index contributed by atoms with van der Waals surface area (Å²) in [6, 6.07) is 2.06. The van der Waals surface area contributed by atoms with E-state index in [4.69, 9.17) is 9.47 Å². The first-order valence-electron chi connectivity index (χ1n) is 8.40. The third kappa shape index (κ3) is 4.75. The first-order chi connectivity index (χ1) is 12.8. The van der Waals surface area contributed by atoms with Crippen LogP contribution in [-0.4, -0.2) is 46.8 Å². The Bertz CT molecular complexity index is 906. The van der Waals surface area contributed by atoms with Gasteiger partial charge in [0, 0.05) is 6.07 Å². The van der Waals surface area contributed by atoms with Crippen LogP contribution in [0.4, 0.5) is 0 Å². The number of rotatable bonds is 8. The third-order valence-corrected chi connectivity index (χ3v) is 3.98. The molecule has 0 unspecified atom stereocenters. The van der Waals surface area contributed by atoms with Gasteiger partial charge < -0.3 is 19.9 Å². The number of aromatic nitrogens is 2. The van der Waals surface area contributed by atoms with Gasteiger partial charge in [0.1, 0.15) is 12.6 Å². The second kappa shape index (κ2) is 8.52. The Hall–Kier alpha value is -3.10. The topological polar surface area (TPSA) is 120 Å². The molecule has 9 heteroatoms. The van der Waals surface area contributed by atoms with Crippen molar-refractivity contribution < 1.29 is 24.2 Å². The number of hydrogen-bond acceptors (Lipinski definition) is 6. The number of amides is 1. The fourth-order valence-corrected chi connectivity index (χ4v) is 2.69. The maximum atomic E-state index is 12.7. The van der Waals surface area contributed by atoms with Crippen LogP contribution >= 0.6 is 0 Å². The van der Waals surface area contributed by atoms with Crippen molar-refractivity contribution in [2.75, 3.05) is 14.2 Å². The van der Waals surface area contributed by atoms with Crippen molar-refractivity contribution >= 4 is 22.8 Å². The average Bonchev–Trinajstić information content (AvgIpc) is 2.62. The van der Waals surface area contributed by atoms with Crippen molar-refractivity contribution in [2.45, 2.75) is 32.9 Å². The lowest BCUT2D eigenvalue weighted by molar-refractivity contribution is -0.142. The first kappa shape index (κ1) is 20.2. The van der Waals surface area contributed by atoms with E-state index in [-0.39, 0.29) is 17.8 Å². The number of carboxylic acids is 1. The number of methoxy groups -OCH3 is 2. The molecule has 27 heavy (non-hydrogen) atoms. The SMILES string of the molecule is COc1cc2ncn(CC(=O)N[C@H](CC(C)C)C(=O)O)c(=O)c2cc1OC. The molecule has 0 aliphatic rings. The van der Waals surface area contributed by atoms with Crippen LogP contribution in [0.1, 0.15) is 20.3 Å². The van der Waals surface area contributed by atoms with Crippen LogP contribution < -0.4 is 20.3 Å². The zero-order valence-corrected chi connectivity index (χ0v) is 15.7. The van der Waals surface area contributed by atoms with Crippen molar-refractivity contribution in [3.63, 3.8) is 0 Å². The summed E-state index contributed by atoms with van der Waals surface area (Å²) in [5, 5.41) is 11.9. The van der Waals surface area contributed by atoms with Gasteiger partial charge in [-0.05, 0) is 18.4 Å². The lowest BCUT2D eigenvalue weighted by atomic mass is 10.0. The van der Waals surface area contributed by atoms with Gasteiger partial charge in [0.15, 0.2) is 11.5 Å². The fraction of sp³-hybridized carbons (Fsp3) is 0.444. The van der Waals surface area contributed by atoms with Crippen LogP contribution in [0.5, 0.6) is 11.5 Å². The van der Waals surface area contributed by atoms with Gasteiger partial charge in [0.2, 0.25) is 5.91 Å². The second-order valence-electron chi connectivity index (χ2n) is 6.49. The van der Waals surface area contributed by atoms with Crippen molar-refractivity contribution in [1.29, 1.82) is 0 Å². The standard InChI is InChI=1S/C18H23N3O6/c1-10(2)5-13(18(24)25)20-16(22)8-21-9-19-12-7-15(27-4)14(26-3)6-11(12)17(21)23/h6-7,9-10,13H,5,8H2,1-4H3,(H,20,22)(H,24,25)/t13-/m1/s1. The number of fused-ring (bicyclic) bond motifs is 1. The molecule has 0 saturated carbocycles. The Labute approximate surface area is 155 Å². The molecule has 2 rings (SSSR count). The monoisotopic (exact) mass is 377 g/mol. The predicted octanol–water partition coefficient (Wildman–Crippen LogP) is 1.03. The summed E-state index contributed by atoms with van der Waals surface area (Å²) in [6.45, 7) is 3.39. The zero-order valence-electron chi connectivity index (χ0n) is 15.7. The Morgan fingerprint density at radius 1 is 1.22 bits per heavy atom. The quantitative estimate of drug-likeness (QED) is 0.705. The number of nitrogens with zero attached hydrogens (tertiary/aromatic N) is 2. The van der Waals surface area contributed by atoms with Crippen molar-refractivity contribution in [1.82, 2.24) is 14.9 Å². The van der Waals surface area contributed by atoms with Crippen molar-refractivity contribution in [3.05, 3.63) is 28.8 Å². The molecule has 0 saturated heterocycles. The lowest BCUT2D eigenvalue weighted by Crippen LogP contribution is -2.44. The summed E-state index contributed by atoms with van der Waals surface area (Å²) >= 11 is 0. The van der Waals surface area contributed by atoms with Crippen LogP contribution in [0.3, 0.4) is 0 Å². The molecule has 1 aromatic carbocycles. The van der Waals surface area contributed by atoms with E-state index in [1.54, 1.807) is 6.07 Å². The van der Waals surface area contributed by atoms with Crippen molar-refractivity contribution in [2.24, 2.45) is 5.92 Å². The zero-order chi connectivity index (χ0) is 20.1. The van der Waals surface area contributed by atoms with Crippen LogP contribution in [-0.2, 0) is 16.1 Å². The second-order valence-corrected chi connectivity index (χ2v) is 6.49. The summed E-state index contributed by atoms with van der Waals surface area (Å²) in [6.07, 6.45) is 1.54. The molecule has 0 aliphatic heterocycles. The summed E-state index contributed by atoms with van der Waals surface area (Å²) in [5.41, 5.74) is -0.0376. The summed E-state index contributed by atoms with van der Waals surface area (Å²) < 4.78 is 11.5. The minimum Gasteiger partial charge on any atom is -0.493 e. The molecule has 1 aromatic heterocycles. The van der Waals surface area contributed by atoms with E-state index in [1.807, 2.05) is 13.8 Å². The molecule has 0 radical (unpaired) electrons. The number of benzene rings is 1. The van der Waals surface area contributed by atoms with Gasteiger partial charge in [-0.15, -0.1) is 0 Å². The molecule has 2 N–H and O–H groups in total. The largest absolute Gasteiger partial charge is 0.493 e. The fourth-order valence-electron chi connectivity index (χ4n) is 2.69. The normalized spacial score (nSPS) is 12.0. The highest BCUT2D eigenvalue weighted by Crippen LogP contribution is 2.29. The summed E-state index contributed by atoms with van der Waals surface area (Å²) in [7, 11) is 2.93. The third-order valence-electron chi connectivity index (χ3n) is 3.98. The number of aliphatic carboxylic acids is 1. The van der Waals surface area contributed by atoms with E-state index in [2.05, 4.69) is 10.3 Å². The molecular formula is C18H23N3O6. The van der Waals surface area contributed by atoms with E-state index in [0.29, 0.717) is 23.4 Å². The number of carbonyl (C=O) groups excluding carboxylic acids is 1. The molecule has 2 aromatic rings. The molecule has 0 fully saturated rings. The molecule has 1 amide bonds. The molecule has 1 atom stereocenters. The van der Waals surface area contributed by atoms with Gasteiger partial charge >= 0.3 is 5.97 Å². The molecular weight excluding hydrogens is 354 g/mol. The van der Waals surface area contributed by atoms with Crippen LogP contribution in [0.15, 0.2) is 23.3 Å². The van der Waals surface area contributed by atoms with Crippen LogP contribution in [0.25, 0.3) is 10.9 Å². The maximum Gasteiger partial charge on any atom is 0.326 e. The van der Waals surface area contributed by atoms with Gasteiger partial charge in [0.05, 0.1) is 31.4 Å². The molecule has 146 valence electrons. The Morgan fingerprint density at radius 3 is 2.41 bits per heavy atom. The molecule has 0 bridgehead atoms. The first-order valence-corrected chi connectivity index (χ1v) is 8.40. The molecule has 9 nitrogen and oxygen atoms in total. The van der Waals surface area contributed by atoms with E-state index >= 15 is 0 Å². The summed E-state index contributed by atoms with van der Waals surface area (Å²) in [5.74, 6) is -0.789. The molecule has 1 heterocycles. The number of hydrogen-bond donors (Lipinski definition) is 2. The van der Waals surface area contributed by atoms with Gasteiger partial charge in [-0.1, -0.05) is 13.8 Å². The van der Waals surface area contributed by atoms with Crippen LogP contribution in [0.2, 0.25) is 0 Å². The Morgan fingerprint density at radius 2 is 1.85 bits per heavy atom. The van der Waals surface area contributed by atoms with E-state index in [0.717, 1.165) is 4.57 Å². The lowest BCUT2D eigenvalue weighted by Gasteiger charge is -2.17. The Kier molecular flexibility index (Phi) is 6.38. The van der Waals surface area contributed by atoms with E-state index in [9.17, 15) is 19.5 Å².